The molecule has 0 bridgehead atoms. The number of hydrogen-bond acceptors (Lipinski definition) is 5. The molecule has 0 saturated carbocycles. The number of rotatable bonds is 7. The molecule has 0 unspecified atom stereocenters. The van der Waals surface area contributed by atoms with Crippen LogP contribution in [0.5, 0.6) is 11.5 Å². The number of benzene rings is 2. The van der Waals surface area contributed by atoms with Gasteiger partial charge >= 0.3 is 0 Å². The van der Waals surface area contributed by atoms with E-state index < -0.39 is 0 Å². The molecule has 0 atom stereocenters. The van der Waals surface area contributed by atoms with Crippen molar-refractivity contribution in [3.8, 4) is 11.5 Å². The molecule has 24 heavy (non-hydrogen) atoms. The summed E-state index contributed by atoms with van der Waals surface area (Å²) in [6.07, 6.45) is 2.33. The van der Waals surface area contributed by atoms with Crippen LogP contribution in [-0.4, -0.2) is 25.7 Å². The Labute approximate surface area is 140 Å². The normalized spacial score (nSPS) is 10.7. The Morgan fingerprint density at radius 3 is 2.67 bits per heavy atom. The number of aromatic hydroxyl groups is 1. The van der Waals surface area contributed by atoms with Crippen molar-refractivity contribution in [2.75, 3.05) is 0 Å². The van der Waals surface area contributed by atoms with Crippen LogP contribution in [0.3, 0.4) is 0 Å². The van der Waals surface area contributed by atoms with Crippen molar-refractivity contribution in [3.63, 3.8) is 0 Å². The molecule has 0 radical (unpaired) electrons. The van der Waals surface area contributed by atoms with E-state index in [9.17, 15) is 5.11 Å². The molecular formula is C18H20N4O2. The smallest absolute Gasteiger partial charge is 0.178 e. The Balaban J connectivity index is 1.77. The Bertz CT molecular complexity index is 787. The molecule has 0 fully saturated rings. The Kier molecular flexibility index (Phi) is 5.05. The van der Waals surface area contributed by atoms with E-state index in [2.05, 4.69) is 27.5 Å². The number of tetrazole rings is 1. The van der Waals surface area contributed by atoms with Gasteiger partial charge in [-0.2, -0.15) is 5.21 Å². The van der Waals surface area contributed by atoms with Crippen LogP contribution in [-0.2, 0) is 19.4 Å². The molecule has 6 heteroatoms. The highest BCUT2D eigenvalue weighted by atomic mass is 16.5. The number of H-pyrrole nitrogens is 1. The zero-order valence-corrected chi connectivity index (χ0v) is 13.6. The van der Waals surface area contributed by atoms with Crippen molar-refractivity contribution in [1.82, 2.24) is 20.6 Å². The van der Waals surface area contributed by atoms with E-state index in [-0.39, 0.29) is 5.75 Å². The lowest BCUT2D eigenvalue weighted by Gasteiger charge is -2.14. The minimum Gasteiger partial charge on any atom is -0.508 e. The maximum atomic E-state index is 10.0. The van der Waals surface area contributed by atoms with Crippen molar-refractivity contribution in [3.05, 3.63) is 65.0 Å². The fourth-order valence-corrected chi connectivity index (χ4v) is 2.64. The Hall–Kier alpha value is -2.89. The summed E-state index contributed by atoms with van der Waals surface area (Å²) in [5, 5.41) is 24.1. The first-order valence-electron chi connectivity index (χ1n) is 8.00. The molecule has 0 aliphatic carbocycles. The van der Waals surface area contributed by atoms with Gasteiger partial charge in [-0.25, -0.2) is 0 Å². The predicted molar refractivity (Wildman–Crippen MR) is 89.9 cm³/mol. The third-order valence-corrected chi connectivity index (χ3v) is 3.85. The SMILES string of the molecule is CCCc1c(O)cccc1OCc1ccccc1Cc1nn[nH]n1. The molecule has 0 saturated heterocycles. The Morgan fingerprint density at radius 2 is 1.92 bits per heavy atom. The van der Waals surface area contributed by atoms with Crippen LogP contribution in [0.25, 0.3) is 0 Å². The highest BCUT2D eigenvalue weighted by molar-refractivity contribution is 5.44. The topological polar surface area (TPSA) is 83.9 Å². The largest absolute Gasteiger partial charge is 0.508 e. The van der Waals surface area contributed by atoms with Gasteiger partial charge in [0, 0.05) is 12.0 Å². The van der Waals surface area contributed by atoms with Gasteiger partial charge in [-0.15, -0.1) is 10.2 Å². The monoisotopic (exact) mass is 324 g/mol. The third kappa shape index (κ3) is 3.71. The van der Waals surface area contributed by atoms with Gasteiger partial charge in [-0.05, 0) is 29.7 Å². The average molecular weight is 324 g/mol. The molecule has 124 valence electrons. The van der Waals surface area contributed by atoms with Crippen LogP contribution < -0.4 is 4.74 Å². The first-order valence-corrected chi connectivity index (χ1v) is 8.00. The van der Waals surface area contributed by atoms with Crippen LogP contribution >= 0.6 is 0 Å². The Morgan fingerprint density at radius 1 is 1.08 bits per heavy atom. The highest BCUT2D eigenvalue weighted by Gasteiger charge is 2.10. The maximum absolute atomic E-state index is 10.0. The van der Waals surface area contributed by atoms with Crippen molar-refractivity contribution in [2.45, 2.75) is 32.8 Å². The molecule has 2 N–H and O–H groups in total. The van der Waals surface area contributed by atoms with Crippen molar-refractivity contribution in [2.24, 2.45) is 0 Å². The molecule has 2 aromatic carbocycles. The van der Waals surface area contributed by atoms with Gasteiger partial charge in [-0.3, -0.25) is 0 Å². The van der Waals surface area contributed by atoms with Gasteiger partial charge in [0.25, 0.3) is 0 Å². The number of nitrogens with one attached hydrogen (secondary N) is 1. The van der Waals surface area contributed by atoms with Gasteiger partial charge in [0.15, 0.2) is 5.82 Å². The molecule has 0 aliphatic heterocycles. The van der Waals surface area contributed by atoms with Crippen molar-refractivity contribution in [1.29, 1.82) is 0 Å². The maximum Gasteiger partial charge on any atom is 0.178 e. The molecule has 0 amide bonds. The van der Waals surface area contributed by atoms with Gasteiger partial charge < -0.3 is 9.84 Å². The highest BCUT2D eigenvalue weighted by Crippen LogP contribution is 2.29. The summed E-state index contributed by atoms with van der Waals surface area (Å²) in [4.78, 5) is 0. The van der Waals surface area contributed by atoms with E-state index in [0.29, 0.717) is 18.9 Å². The number of hydrogen-bond donors (Lipinski definition) is 2. The summed E-state index contributed by atoms with van der Waals surface area (Å²) in [5.41, 5.74) is 3.01. The lowest BCUT2D eigenvalue weighted by Crippen LogP contribution is -2.03. The van der Waals surface area contributed by atoms with Crippen LogP contribution in [0.15, 0.2) is 42.5 Å². The zero-order valence-electron chi connectivity index (χ0n) is 13.6. The number of aromatic nitrogens is 4. The summed E-state index contributed by atoms with van der Waals surface area (Å²) in [6.45, 7) is 2.50. The van der Waals surface area contributed by atoms with E-state index in [1.807, 2.05) is 30.3 Å². The van der Waals surface area contributed by atoms with Crippen molar-refractivity contribution >= 4 is 0 Å². The first kappa shape index (κ1) is 16.0. The lowest BCUT2D eigenvalue weighted by molar-refractivity contribution is 0.299. The van der Waals surface area contributed by atoms with E-state index >= 15 is 0 Å². The van der Waals surface area contributed by atoms with Crippen LogP contribution in [0, 0.1) is 0 Å². The van der Waals surface area contributed by atoms with Crippen LogP contribution in [0.4, 0.5) is 0 Å². The third-order valence-electron chi connectivity index (χ3n) is 3.85. The summed E-state index contributed by atoms with van der Waals surface area (Å²) >= 11 is 0. The summed E-state index contributed by atoms with van der Waals surface area (Å²) < 4.78 is 5.99. The fraction of sp³-hybridized carbons (Fsp3) is 0.278. The second kappa shape index (κ2) is 7.59. The fourth-order valence-electron chi connectivity index (χ4n) is 2.64. The lowest BCUT2D eigenvalue weighted by atomic mass is 10.0. The van der Waals surface area contributed by atoms with Crippen molar-refractivity contribution < 1.29 is 9.84 Å². The van der Waals surface area contributed by atoms with Gasteiger partial charge in [0.1, 0.15) is 18.1 Å². The number of nitrogens with zero attached hydrogens (tertiary/aromatic N) is 3. The molecular weight excluding hydrogens is 304 g/mol. The first-order chi connectivity index (χ1) is 11.8. The van der Waals surface area contributed by atoms with E-state index in [0.717, 1.165) is 35.3 Å². The molecule has 1 heterocycles. The van der Waals surface area contributed by atoms with E-state index in [1.165, 1.54) is 0 Å². The number of ether oxygens (including phenoxy) is 1. The number of phenols is 1. The summed E-state index contributed by atoms with van der Waals surface area (Å²) in [5.74, 6) is 1.66. The second-order valence-electron chi connectivity index (χ2n) is 5.57. The van der Waals surface area contributed by atoms with Crippen LogP contribution in [0.1, 0.15) is 35.9 Å². The molecule has 0 aliphatic rings. The number of aromatic amines is 1. The standard InChI is InChI=1S/C18H20N4O2/c1-2-6-15-16(23)9-5-10-17(15)24-12-14-8-4-3-7-13(14)11-18-19-21-22-20-18/h3-5,7-10,23H,2,6,11-12H2,1H3,(H,19,20,21,22). The quantitative estimate of drug-likeness (QED) is 0.698. The molecule has 6 nitrogen and oxygen atoms in total. The average Bonchev–Trinajstić information content (AvgIpc) is 3.10. The van der Waals surface area contributed by atoms with E-state index in [4.69, 9.17) is 4.74 Å². The summed E-state index contributed by atoms with van der Waals surface area (Å²) in [6, 6.07) is 13.4. The molecule has 3 aromatic rings. The number of phenolic OH excluding ortho intramolecular Hbond substituents is 1. The molecule has 3 rings (SSSR count). The zero-order chi connectivity index (χ0) is 16.8. The van der Waals surface area contributed by atoms with Gasteiger partial charge in [0.2, 0.25) is 0 Å². The van der Waals surface area contributed by atoms with E-state index in [1.54, 1.807) is 12.1 Å². The minimum absolute atomic E-state index is 0.287. The summed E-state index contributed by atoms with van der Waals surface area (Å²) in [7, 11) is 0. The molecule has 0 spiro atoms. The predicted octanol–water partition coefficient (Wildman–Crippen LogP) is 3.03. The minimum atomic E-state index is 0.287. The van der Waals surface area contributed by atoms with Crippen LogP contribution in [0.2, 0.25) is 0 Å². The second-order valence-corrected chi connectivity index (χ2v) is 5.57. The van der Waals surface area contributed by atoms with Gasteiger partial charge in [-0.1, -0.05) is 48.9 Å². The molecule has 1 aromatic heterocycles. The van der Waals surface area contributed by atoms with Gasteiger partial charge in [0.05, 0.1) is 0 Å².